The Morgan fingerprint density at radius 2 is 1.90 bits per heavy atom. The molecule has 3 aromatic carbocycles. The second kappa shape index (κ2) is 12.0. The summed E-state index contributed by atoms with van der Waals surface area (Å²) >= 11 is 11.0. The largest absolute Gasteiger partial charge is 0.496 e. The second-order valence-corrected chi connectivity index (χ2v) is 11.3. The Morgan fingerprint density at radius 1 is 1.15 bits per heavy atom. The first-order valence-corrected chi connectivity index (χ1v) is 14.3. The number of fused-ring (bicyclic) bond motifs is 1. The van der Waals surface area contributed by atoms with Gasteiger partial charge in [0.2, 0.25) is 0 Å². The van der Waals surface area contributed by atoms with Crippen LogP contribution in [-0.2, 0) is 16.1 Å². The molecule has 0 fully saturated rings. The summed E-state index contributed by atoms with van der Waals surface area (Å²) in [6, 6.07) is 15.9. The molecule has 0 saturated carbocycles. The number of rotatable bonds is 7. The standard InChI is InChI=1S/C30H23BrClFN2O5S/c1-16-26(29(37)39-3)27(20-14-19(32)9-11-23(20)38-2)35-28(36)25(41-30(35)34-16)13-17-8-10-24(21(31)12-17)40-15-18-6-4-5-7-22(18)33/h4-14,27H,15H2,1-3H3/b25-13-/t27-/m1/s1. The monoisotopic (exact) mass is 656 g/mol. The summed E-state index contributed by atoms with van der Waals surface area (Å²) in [4.78, 5) is 31.8. The van der Waals surface area contributed by atoms with Crippen LogP contribution in [0.15, 0.2) is 86.2 Å². The van der Waals surface area contributed by atoms with E-state index in [-0.39, 0.29) is 23.6 Å². The van der Waals surface area contributed by atoms with Crippen molar-refractivity contribution in [2.45, 2.75) is 19.6 Å². The number of ether oxygens (including phenoxy) is 3. The van der Waals surface area contributed by atoms with Crippen LogP contribution in [0.4, 0.5) is 4.39 Å². The molecule has 0 bridgehead atoms. The van der Waals surface area contributed by atoms with Gasteiger partial charge in [0.15, 0.2) is 4.80 Å². The molecule has 0 saturated heterocycles. The molecule has 1 aromatic heterocycles. The molecule has 210 valence electrons. The van der Waals surface area contributed by atoms with Crippen molar-refractivity contribution < 1.29 is 23.4 Å². The lowest BCUT2D eigenvalue weighted by molar-refractivity contribution is -0.136. The maximum atomic E-state index is 14.0. The number of hydrogen-bond acceptors (Lipinski definition) is 7. The summed E-state index contributed by atoms with van der Waals surface area (Å²) < 4.78 is 32.9. The first kappa shape index (κ1) is 28.8. The van der Waals surface area contributed by atoms with Crippen LogP contribution >= 0.6 is 38.9 Å². The average molecular weight is 658 g/mol. The molecule has 0 N–H and O–H groups in total. The second-order valence-electron chi connectivity index (χ2n) is 9.03. The first-order chi connectivity index (χ1) is 19.7. The molecule has 0 amide bonds. The van der Waals surface area contributed by atoms with E-state index in [1.54, 1.807) is 67.6 Å². The zero-order valence-corrected chi connectivity index (χ0v) is 25.3. The highest BCUT2D eigenvalue weighted by Gasteiger charge is 2.35. The molecular formula is C30H23BrClFN2O5S. The van der Waals surface area contributed by atoms with E-state index in [0.29, 0.717) is 47.2 Å². The van der Waals surface area contributed by atoms with Gasteiger partial charge >= 0.3 is 5.97 Å². The number of aromatic nitrogens is 1. The molecule has 4 aromatic rings. The predicted molar refractivity (Wildman–Crippen MR) is 159 cm³/mol. The summed E-state index contributed by atoms with van der Waals surface area (Å²) in [6.45, 7) is 1.77. The minimum atomic E-state index is -0.865. The quantitative estimate of drug-likeness (QED) is 0.244. The van der Waals surface area contributed by atoms with Crippen molar-refractivity contribution in [2.75, 3.05) is 14.2 Å². The Hall–Kier alpha value is -3.73. The zero-order valence-electron chi connectivity index (χ0n) is 22.1. The first-order valence-electron chi connectivity index (χ1n) is 12.3. The highest BCUT2D eigenvalue weighted by molar-refractivity contribution is 9.10. The van der Waals surface area contributed by atoms with Crippen LogP contribution in [0.5, 0.6) is 11.5 Å². The summed E-state index contributed by atoms with van der Waals surface area (Å²) in [6.07, 6.45) is 1.73. The number of thiazole rings is 1. The molecule has 2 heterocycles. The van der Waals surface area contributed by atoms with Gasteiger partial charge in [-0.15, -0.1) is 0 Å². The molecular weight excluding hydrogens is 635 g/mol. The van der Waals surface area contributed by atoms with Crippen molar-refractivity contribution in [3.05, 3.63) is 124 Å². The van der Waals surface area contributed by atoms with Crippen molar-refractivity contribution >= 4 is 50.9 Å². The molecule has 1 atom stereocenters. The van der Waals surface area contributed by atoms with Crippen LogP contribution in [-0.4, -0.2) is 24.8 Å². The third-order valence-corrected chi connectivity index (χ3v) is 8.35. The van der Waals surface area contributed by atoms with Crippen LogP contribution < -0.4 is 24.4 Å². The Kier molecular flexibility index (Phi) is 8.44. The summed E-state index contributed by atoms with van der Waals surface area (Å²) in [5.74, 6) is 0.0376. The van der Waals surface area contributed by atoms with Gasteiger partial charge < -0.3 is 14.2 Å². The molecule has 1 aliphatic rings. The Bertz CT molecular complexity index is 1880. The highest BCUT2D eigenvalue weighted by Crippen LogP contribution is 2.37. The maximum absolute atomic E-state index is 14.0. The molecule has 11 heteroatoms. The molecule has 1 aliphatic heterocycles. The van der Waals surface area contributed by atoms with Crippen molar-refractivity contribution in [1.82, 2.24) is 4.57 Å². The van der Waals surface area contributed by atoms with Gasteiger partial charge in [-0.2, -0.15) is 0 Å². The number of allylic oxidation sites excluding steroid dienone is 1. The Labute approximate surface area is 251 Å². The zero-order chi connectivity index (χ0) is 29.3. The van der Waals surface area contributed by atoms with E-state index in [2.05, 4.69) is 20.9 Å². The van der Waals surface area contributed by atoms with E-state index in [1.807, 2.05) is 0 Å². The fraction of sp³-hybridized carbons (Fsp3) is 0.167. The van der Waals surface area contributed by atoms with Crippen molar-refractivity contribution in [3.8, 4) is 11.5 Å². The van der Waals surface area contributed by atoms with Crippen molar-refractivity contribution in [2.24, 2.45) is 4.99 Å². The van der Waals surface area contributed by atoms with Crippen molar-refractivity contribution in [1.29, 1.82) is 0 Å². The molecule has 0 spiro atoms. The van der Waals surface area contributed by atoms with E-state index < -0.39 is 12.0 Å². The van der Waals surface area contributed by atoms with Gasteiger partial charge in [-0.25, -0.2) is 14.2 Å². The number of nitrogens with zero attached hydrogens (tertiary/aromatic N) is 2. The minimum absolute atomic E-state index is 0.0675. The van der Waals surface area contributed by atoms with Gasteiger partial charge in [0.05, 0.1) is 34.5 Å². The van der Waals surface area contributed by atoms with Crippen LogP contribution in [0.1, 0.15) is 29.7 Å². The van der Waals surface area contributed by atoms with Gasteiger partial charge in [0.1, 0.15) is 30.0 Å². The average Bonchev–Trinajstić information content (AvgIpc) is 3.26. The number of methoxy groups -OCH3 is 2. The maximum Gasteiger partial charge on any atom is 0.338 e. The molecule has 0 aliphatic carbocycles. The van der Waals surface area contributed by atoms with Crippen LogP contribution in [0.3, 0.4) is 0 Å². The number of carbonyl (C=O) groups is 1. The van der Waals surface area contributed by atoms with Gasteiger partial charge in [-0.3, -0.25) is 9.36 Å². The number of esters is 1. The Balaban J connectivity index is 1.57. The Morgan fingerprint density at radius 3 is 2.61 bits per heavy atom. The van der Waals surface area contributed by atoms with Crippen LogP contribution in [0, 0.1) is 5.82 Å². The molecule has 5 rings (SSSR count). The topological polar surface area (TPSA) is 79.1 Å². The van der Waals surface area contributed by atoms with E-state index in [1.165, 1.54) is 36.2 Å². The number of hydrogen-bond donors (Lipinski definition) is 0. The number of benzene rings is 3. The normalized spacial score (nSPS) is 14.9. The molecule has 7 nitrogen and oxygen atoms in total. The number of halogens is 3. The van der Waals surface area contributed by atoms with E-state index in [0.717, 1.165) is 5.56 Å². The third-order valence-electron chi connectivity index (χ3n) is 6.51. The third kappa shape index (κ3) is 5.72. The van der Waals surface area contributed by atoms with Crippen LogP contribution in [0.2, 0.25) is 5.02 Å². The molecule has 0 unspecified atom stereocenters. The number of carbonyl (C=O) groups excluding carboxylic acids is 1. The van der Waals surface area contributed by atoms with Crippen LogP contribution in [0.25, 0.3) is 6.08 Å². The van der Waals surface area contributed by atoms with Gasteiger partial charge in [-0.05, 0) is 70.9 Å². The lowest BCUT2D eigenvalue weighted by Gasteiger charge is -2.25. The van der Waals surface area contributed by atoms with Crippen molar-refractivity contribution in [3.63, 3.8) is 0 Å². The van der Waals surface area contributed by atoms with E-state index in [4.69, 9.17) is 25.8 Å². The predicted octanol–water partition coefficient (Wildman–Crippen LogP) is 5.55. The van der Waals surface area contributed by atoms with E-state index in [9.17, 15) is 14.0 Å². The van der Waals surface area contributed by atoms with Gasteiger partial charge in [0, 0.05) is 16.1 Å². The minimum Gasteiger partial charge on any atom is -0.496 e. The van der Waals surface area contributed by atoms with Gasteiger partial charge in [-0.1, -0.05) is 47.2 Å². The molecule has 41 heavy (non-hydrogen) atoms. The van der Waals surface area contributed by atoms with E-state index >= 15 is 0 Å². The lowest BCUT2D eigenvalue weighted by atomic mass is 9.95. The fourth-order valence-electron chi connectivity index (χ4n) is 4.55. The summed E-state index contributed by atoms with van der Waals surface area (Å²) in [7, 11) is 2.79. The van der Waals surface area contributed by atoms with Gasteiger partial charge in [0.25, 0.3) is 5.56 Å². The summed E-state index contributed by atoms with van der Waals surface area (Å²) in [5, 5.41) is 0.420. The smallest absolute Gasteiger partial charge is 0.338 e. The fourth-order valence-corrected chi connectivity index (χ4v) is 6.29. The molecule has 0 radical (unpaired) electrons. The SMILES string of the molecule is COC(=O)C1=C(C)N=c2s/c(=C\c3ccc(OCc4ccccc4F)c(Br)c3)c(=O)n2[C@@H]1c1cc(Cl)ccc1OC. The lowest BCUT2D eigenvalue weighted by Crippen LogP contribution is -2.40. The summed E-state index contributed by atoms with van der Waals surface area (Å²) in [5.41, 5.74) is 1.99. The highest BCUT2D eigenvalue weighted by atomic mass is 79.9.